The summed E-state index contributed by atoms with van der Waals surface area (Å²) in [4.78, 5) is 22.8. The number of carbonyl (C=O) groups is 2. The zero-order chi connectivity index (χ0) is 16.2. The van der Waals surface area contributed by atoms with Gasteiger partial charge in [-0.1, -0.05) is 0 Å². The summed E-state index contributed by atoms with van der Waals surface area (Å²) in [6.07, 6.45) is -0.772. The van der Waals surface area contributed by atoms with Crippen LogP contribution < -0.4 is 5.32 Å². The van der Waals surface area contributed by atoms with E-state index in [0.29, 0.717) is 0 Å². The van der Waals surface area contributed by atoms with Crippen LogP contribution in [0.25, 0.3) is 0 Å². The smallest absolute Gasteiger partial charge is 0.407 e. The molecule has 1 aromatic carbocycles. The third-order valence-corrected chi connectivity index (χ3v) is 2.35. The van der Waals surface area contributed by atoms with Gasteiger partial charge in [-0.2, -0.15) is 0 Å². The minimum atomic E-state index is -1.20. The molecule has 1 amide bonds. The van der Waals surface area contributed by atoms with Crippen molar-refractivity contribution in [3.8, 4) is 0 Å². The molecule has 0 bridgehead atoms. The van der Waals surface area contributed by atoms with Gasteiger partial charge in [-0.3, -0.25) is 0 Å². The average Bonchev–Trinajstić information content (AvgIpc) is 2.37. The van der Waals surface area contributed by atoms with Gasteiger partial charge in [-0.05, 0) is 32.9 Å². The lowest BCUT2D eigenvalue weighted by Crippen LogP contribution is -2.32. The molecule has 116 valence electrons. The molecule has 0 saturated heterocycles. The van der Waals surface area contributed by atoms with E-state index < -0.39 is 29.3 Å². The van der Waals surface area contributed by atoms with Crippen LogP contribution in [0.3, 0.4) is 0 Å². The fraction of sp³-hybridized carbons (Fsp3) is 0.429. The van der Waals surface area contributed by atoms with Crippen molar-refractivity contribution >= 4 is 12.1 Å². The molecule has 0 aliphatic carbocycles. The van der Waals surface area contributed by atoms with Gasteiger partial charge in [0, 0.05) is 12.1 Å². The standard InChI is InChI=1S/C14H17F2NO4/c1-14(2,3)21-13(19)17-7-9-5-8(12(18)20-4)6-10(15)11(9)16/h5-6H,7H2,1-4H3,(H,17,19). The summed E-state index contributed by atoms with van der Waals surface area (Å²) in [5.41, 5.74) is -1.03. The van der Waals surface area contributed by atoms with Crippen LogP contribution >= 0.6 is 0 Å². The highest BCUT2D eigenvalue weighted by Gasteiger charge is 2.18. The number of hydrogen-bond acceptors (Lipinski definition) is 4. The maximum atomic E-state index is 13.6. The predicted octanol–water partition coefficient (Wildman–Crippen LogP) is 2.78. The summed E-state index contributed by atoms with van der Waals surface area (Å²) in [6, 6.07) is 1.85. The van der Waals surface area contributed by atoms with Crippen molar-refractivity contribution in [1.82, 2.24) is 5.32 Å². The van der Waals surface area contributed by atoms with Crippen LogP contribution in [-0.2, 0) is 16.0 Å². The van der Waals surface area contributed by atoms with Gasteiger partial charge in [0.25, 0.3) is 0 Å². The molecule has 0 fully saturated rings. The van der Waals surface area contributed by atoms with Gasteiger partial charge >= 0.3 is 12.1 Å². The van der Waals surface area contributed by atoms with Gasteiger partial charge in [0.2, 0.25) is 0 Å². The van der Waals surface area contributed by atoms with Gasteiger partial charge in [0.1, 0.15) is 5.60 Å². The summed E-state index contributed by atoms with van der Waals surface area (Å²) in [6.45, 7) is 4.70. The Morgan fingerprint density at radius 3 is 2.38 bits per heavy atom. The maximum Gasteiger partial charge on any atom is 0.407 e. The molecule has 7 heteroatoms. The fourth-order valence-corrected chi connectivity index (χ4v) is 1.49. The maximum absolute atomic E-state index is 13.6. The molecule has 1 rings (SSSR count). The van der Waals surface area contributed by atoms with E-state index in [1.54, 1.807) is 20.8 Å². The van der Waals surface area contributed by atoms with Crippen molar-refractivity contribution < 1.29 is 27.8 Å². The number of ether oxygens (including phenoxy) is 2. The van der Waals surface area contributed by atoms with E-state index in [1.165, 1.54) is 0 Å². The van der Waals surface area contributed by atoms with Crippen LogP contribution in [0.1, 0.15) is 36.7 Å². The number of alkyl carbamates (subject to hydrolysis) is 1. The second kappa shape index (κ2) is 6.51. The molecule has 0 unspecified atom stereocenters. The summed E-state index contributed by atoms with van der Waals surface area (Å²) in [7, 11) is 1.13. The topological polar surface area (TPSA) is 64.6 Å². The van der Waals surface area contributed by atoms with Crippen LogP contribution in [0.4, 0.5) is 13.6 Å². The third-order valence-electron chi connectivity index (χ3n) is 2.35. The fourth-order valence-electron chi connectivity index (χ4n) is 1.49. The molecule has 21 heavy (non-hydrogen) atoms. The summed E-state index contributed by atoms with van der Waals surface area (Å²) < 4.78 is 36.4. The van der Waals surface area contributed by atoms with Gasteiger partial charge in [-0.25, -0.2) is 18.4 Å². The van der Waals surface area contributed by atoms with Crippen LogP contribution in [0.2, 0.25) is 0 Å². The van der Waals surface area contributed by atoms with Crippen LogP contribution in [-0.4, -0.2) is 24.8 Å². The molecule has 0 radical (unpaired) electrons. The number of amides is 1. The highest BCUT2D eigenvalue weighted by atomic mass is 19.2. The second-order valence-corrected chi connectivity index (χ2v) is 5.28. The number of esters is 1. The Morgan fingerprint density at radius 1 is 1.24 bits per heavy atom. The molecule has 0 atom stereocenters. The number of halogens is 2. The molecule has 0 aliphatic rings. The first-order valence-electron chi connectivity index (χ1n) is 6.17. The van der Waals surface area contributed by atoms with Gasteiger partial charge in [0.05, 0.1) is 12.7 Å². The van der Waals surface area contributed by atoms with Gasteiger partial charge < -0.3 is 14.8 Å². The number of methoxy groups -OCH3 is 1. The van der Waals surface area contributed by atoms with Crippen molar-refractivity contribution in [2.45, 2.75) is 32.9 Å². The molecule has 0 heterocycles. The quantitative estimate of drug-likeness (QED) is 0.872. The predicted molar refractivity (Wildman–Crippen MR) is 70.8 cm³/mol. The normalized spacial score (nSPS) is 11.0. The number of hydrogen-bond donors (Lipinski definition) is 1. The molecule has 0 spiro atoms. The first kappa shape index (κ1) is 16.9. The van der Waals surface area contributed by atoms with Crippen molar-refractivity contribution in [3.63, 3.8) is 0 Å². The summed E-state index contributed by atoms with van der Waals surface area (Å²) in [5, 5.41) is 2.29. The zero-order valence-electron chi connectivity index (χ0n) is 12.3. The van der Waals surface area contributed by atoms with Crippen molar-refractivity contribution in [2.24, 2.45) is 0 Å². The zero-order valence-corrected chi connectivity index (χ0v) is 12.3. The lowest BCUT2D eigenvalue weighted by Gasteiger charge is -2.19. The van der Waals surface area contributed by atoms with Crippen molar-refractivity contribution in [3.05, 3.63) is 34.9 Å². The SMILES string of the molecule is COC(=O)c1cc(F)c(F)c(CNC(=O)OC(C)(C)C)c1. The van der Waals surface area contributed by atoms with Crippen LogP contribution in [0.5, 0.6) is 0 Å². The lowest BCUT2D eigenvalue weighted by atomic mass is 10.1. The number of nitrogens with one attached hydrogen (secondary N) is 1. The Kier molecular flexibility index (Phi) is 5.23. The average molecular weight is 301 g/mol. The minimum absolute atomic E-state index is 0.141. The monoisotopic (exact) mass is 301 g/mol. The first-order valence-corrected chi connectivity index (χ1v) is 6.17. The molecule has 0 saturated carbocycles. The summed E-state index contributed by atoms with van der Waals surface area (Å²) >= 11 is 0. The number of carbonyl (C=O) groups excluding carboxylic acids is 2. The Bertz CT molecular complexity index is 553. The van der Waals surface area contributed by atoms with E-state index in [0.717, 1.165) is 19.2 Å². The molecule has 0 aromatic heterocycles. The number of benzene rings is 1. The molecule has 0 aliphatic heterocycles. The molecule has 1 aromatic rings. The Balaban J connectivity index is 2.86. The third kappa shape index (κ3) is 5.02. The molecular weight excluding hydrogens is 284 g/mol. The van der Waals surface area contributed by atoms with Crippen LogP contribution in [0, 0.1) is 11.6 Å². The molecule has 1 N–H and O–H groups in total. The van der Waals surface area contributed by atoms with E-state index in [1.807, 2.05) is 0 Å². The second-order valence-electron chi connectivity index (χ2n) is 5.28. The van der Waals surface area contributed by atoms with Gasteiger partial charge in [0.15, 0.2) is 11.6 Å². The lowest BCUT2D eigenvalue weighted by molar-refractivity contribution is 0.0522. The van der Waals surface area contributed by atoms with Gasteiger partial charge in [-0.15, -0.1) is 0 Å². The number of rotatable bonds is 3. The molecule has 5 nitrogen and oxygen atoms in total. The van der Waals surface area contributed by atoms with E-state index in [4.69, 9.17) is 4.74 Å². The Morgan fingerprint density at radius 2 is 1.86 bits per heavy atom. The Labute approximate surface area is 121 Å². The molecular formula is C14H17F2NO4. The van der Waals surface area contributed by atoms with E-state index in [2.05, 4.69) is 10.1 Å². The Hall–Kier alpha value is -2.18. The summed E-state index contributed by atoms with van der Waals surface area (Å²) in [5.74, 6) is -3.13. The minimum Gasteiger partial charge on any atom is -0.465 e. The highest BCUT2D eigenvalue weighted by Crippen LogP contribution is 2.16. The van der Waals surface area contributed by atoms with Crippen molar-refractivity contribution in [1.29, 1.82) is 0 Å². The first-order chi connectivity index (χ1) is 9.64. The van der Waals surface area contributed by atoms with Crippen molar-refractivity contribution in [2.75, 3.05) is 7.11 Å². The largest absolute Gasteiger partial charge is 0.465 e. The van der Waals surface area contributed by atoms with Crippen LogP contribution in [0.15, 0.2) is 12.1 Å². The van der Waals surface area contributed by atoms with E-state index in [9.17, 15) is 18.4 Å². The van der Waals surface area contributed by atoms with E-state index >= 15 is 0 Å². The highest BCUT2D eigenvalue weighted by molar-refractivity contribution is 5.89. The van der Waals surface area contributed by atoms with E-state index in [-0.39, 0.29) is 17.7 Å².